The summed E-state index contributed by atoms with van der Waals surface area (Å²) in [5.41, 5.74) is 11.3. The van der Waals surface area contributed by atoms with Crippen LogP contribution in [0.5, 0.6) is 0 Å². The van der Waals surface area contributed by atoms with Crippen molar-refractivity contribution in [3.8, 4) is 0 Å². The van der Waals surface area contributed by atoms with Crippen molar-refractivity contribution in [2.75, 3.05) is 11.1 Å². The number of hydrogen-bond acceptors (Lipinski definition) is 4. The van der Waals surface area contributed by atoms with Crippen molar-refractivity contribution in [1.29, 1.82) is 0 Å². The van der Waals surface area contributed by atoms with Crippen LogP contribution in [0.2, 0.25) is 0 Å². The Morgan fingerprint density at radius 1 is 1.25 bits per heavy atom. The zero-order valence-corrected chi connectivity index (χ0v) is 11.7. The Balaban J connectivity index is 1.89. The highest BCUT2D eigenvalue weighted by Crippen LogP contribution is 2.22. The van der Waals surface area contributed by atoms with Crippen LogP contribution in [0, 0.1) is 6.92 Å². The van der Waals surface area contributed by atoms with Gasteiger partial charge in [-0.15, -0.1) is 11.3 Å². The van der Waals surface area contributed by atoms with Crippen molar-refractivity contribution in [3.63, 3.8) is 0 Å². The number of fused-ring (bicyclic) bond motifs is 1. The highest BCUT2D eigenvalue weighted by molar-refractivity contribution is 7.16. The molecule has 1 amide bonds. The highest BCUT2D eigenvalue weighted by atomic mass is 32.1. The number of carbonyl (C=O) groups is 1. The number of anilines is 2. The molecule has 0 spiro atoms. The summed E-state index contributed by atoms with van der Waals surface area (Å²) >= 11 is 1.55. The SMILES string of the molecule is Cc1ccc(N)cc1C(=O)Nc1ccc2ncsc2c1. The zero-order chi connectivity index (χ0) is 14.1. The van der Waals surface area contributed by atoms with Gasteiger partial charge in [-0.05, 0) is 42.8 Å². The molecule has 0 saturated heterocycles. The zero-order valence-electron chi connectivity index (χ0n) is 10.9. The second-order valence-corrected chi connectivity index (χ2v) is 5.45. The topological polar surface area (TPSA) is 68.0 Å². The molecule has 5 heteroatoms. The Hall–Kier alpha value is -2.40. The van der Waals surface area contributed by atoms with E-state index in [1.54, 1.807) is 29.0 Å². The van der Waals surface area contributed by atoms with E-state index in [1.165, 1.54) is 0 Å². The molecule has 0 aliphatic rings. The molecule has 0 bridgehead atoms. The van der Waals surface area contributed by atoms with Gasteiger partial charge in [0.05, 0.1) is 15.7 Å². The van der Waals surface area contributed by atoms with Crippen molar-refractivity contribution >= 4 is 38.8 Å². The fraction of sp³-hybridized carbons (Fsp3) is 0.0667. The molecule has 1 heterocycles. The van der Waals surface area contributed by atoms with E-state index in [1.807, 2.05) is 31.2 Å². The summed E-state index contributed by atoms with van der Waals surface area (Å²) in [4.78, 5) is 16.5. The van der Waals surface area contributed by atoms with Gasteiger partial charge in [-0.2, -0.15) is 0 Å². The van der Waals surface area contributed by atoms with E-state index >= 15 is 0 Å². The van der Waals surface area contributed by atoms with Crippen LogP contribution < -0.4 is 11.1 Å². The van der Waals surface area contributed by atoms with Gasteiger partial charge in [-0.3, -0.25) is 4.79 Å². The van der Waals surface area contributed by atoms with Gasteiger partial charge in [-0.1, -0.05) is 6.07 Å². The van der Waals surface area contributed by atoms with E-state index in [4.69, 9.17) is 5.73 Å². The van der Waals surface area contributed by atoms with Gasteiger partial charge in [-0.25, -0.2) is 4.98 Å². The number of nitrogens with one attached hydrogen (secondary N) is 1. The standard InChI is InChI=1S/C15H13N3OS/c1-9-2-3-10(16)6-12(9)15(19)18-11-4-5-13-14(7-11)20-8-17-13/h2-8H,16H2,1H3,(H,18,19). The van der Waals surface area contributed by atoms with Crippen LogP contribution in [0.15, 0.2) is 41.9 Å². The molecular formula is C15H13N3OS. The molecule has 4 nitrogen and oxygen atoms in total. The van der Waals surface area contributed by atoms with Crippen molar-refractivity contribution in [3.05, 3.63) is 53.0 Å². The number of aromatic nitrogens is 1. The minimum Gasteiger partial charge on any atom is -0.399 e. The molecule has 0 unspecified atom stereocenters. The Morgan fingerprint density at radius 3 is 2.95 bits per heavy atom. The van der Waals surface area contributed by atoms with Gasteiger partial charge in [0.2, 0.25) is 0 Å². The average molecular weight is 283 g/mol. The minimum atomic E-state index is -0.154. The summed E-state index contributed by atoms with van der Waals surface area (Å²) in [6, 6.07) is 11.0. The van der Waals surface area contributed by atoms with Crippen LogP contribution in [0.25, 0.3) is 10.2 Å². The molecule has 2 aromatic carbocycles. The lowest BCUT2D eigenvalue weighted by Crippen LogP contribution is -2.13. The van der Waals surface area contributed by atoms with Gasteiger partial charge in [0.15, 0.2) is 0 Å². The molecular weight excluding hydrogens is 270 g/mol. The molecule has 1 aromatic heterocycles. The third-order valence-electron chi connectivity index (χ3n) is 3.10. The van der Waals surface area contributed by atoms with Crippen molar-refractivity contribution in [2.45, 2.75) is 6.92 Å². The molecule has 0 saturated carbocycles. The van der Waals surface area contributed by atoms with Gasteiger partial charge in [0.1, 0.15) is 0 Å². The number of rotatable bonds is 2. The number of nitrogen functional groups attached to an aromatic ring is 1. The molecule has 20 heavy (non-hydrogen) atoms. The van der Waals surface area contributed by atoms with E-state index in [9.17, 15) is 4.79 Å². The maximum Gasteiger partial charge on any atom is 0.256 e. The predicted octanol–water partition coefficient (Wildman–Crippen LogP) is 3.44. The number of benzene rings is 2. The Kier molecular flexibility index (Phi) is 3.12. The molecule has 0 aliphatic carbocycles. The molecule has 100 valence electrons. The number of thiazole rings is 1. The first-order chi connectivity index (χ1) is 9.63. The Bertz CT molecular complexity index is 795. The molecule has 0 aliphatic heterocycles. The summed E-state index contributed by atoms with van der Waals surface area (Å²) in [5, 5.41) is 2.89. The molecule has 3 N–H and O–H groups in total. The largest absolute Gasteiger partial charge is 0.399 e. The van der Waals surface area contributed by atoms with Crippen LogP contribution >= 0.6 is 11.3 Å². The molecule has 0 radical (unpaired) electrons. The van der Waals surface area contributed by atoms with E-state index in [-0.39, 0.29) is 5.91 Å². The summed E-state index contributed by atoms with van der Waals surface area (Å²) < 4.78 is 1.05. The summed E-state index contributed by atoms with van der Waals surface area (Å²) in [6.45, 7) is 1.89. The summed E-state index contributed by atoms with van der Waals surface area (Å²) in [6.07, 6.45) is 0. The summed E-state index contributed by atoms with van der Waals surface area (Å²) in [5.74, 6) is -0.154. The average Bonchev–Trinajstić information content (AvgIpc) is 2.89. The lowest BCUT2D eigenvalue weighted by molar-refractivity contribution is 0.102. The van der Waals surface area contributed by atoms with Crippen LogP contribution in [-0.4, -0.2) is 10.9 Å². The maximum absolute atomic E-state index is 12.3. The minimum absolute atomic E-state index is 0.154. The van der Waals surface area contributed by atoms with Gasteiger partial charge < -0.3 is 11.1 Å². The van der Waals surface area contributed by atoms with Crippen LogP contribution in [0.1, 0.15) is 15.9 Å². The lowest BCUT2D eigenvalue weighted by atomic mass is 10.1. The number of carbonyl (C=O) groups excluding carboxylic acids is 1. The number of aryl methyl sites for hydroxylation is 1. The highest BCUT2D eigenvalue weighted by Gasteiger charge is 2.10. The number of nitrogens with two attached hydrogens (primary N) is 1. The third kappa shape index (κ3) is 2.35. The van der Waals surface area contributed by atoms with E-state index < -0.39 is 0 Å². The van der Waals surface area contributed by atoms with Crippen LogP contribution in [-0.2, 0) is 0 Å². The Morgan fingerprint density at radius 2 is 2.10 bits per heavy atom. The second-order valence-electron chi connectivity index (χ2n) is 4.56. The van der Waals surface area contributed by atoms with E-state index in [0.717, 1.165) is 21.5 Å². The van der Waals surface area contributed by atoms with Gasteiger partial charge in [0, 0.05) is 16.9 Å². The number of amides is 1. The van der Waals surface area contributed by atoms with Crippen molar-refractivity contribution in [2.24, 2.45) is 0 Å². The fourth-order valence-electron chi connectivity index (χ4n) is 2.02. The van der Waals surface area contributed by atoms with Gasteiger partial charge >= 0.3 is 0 Å². The predicted molar refractivity (Wildman–Crippen MR) is 83.2 cm³/mol. The number of hydrogen-bond donors (Lipinski definition) is 2. The lowest BCUT2D eigenvalue weighted by Gasteiger charge is -2.08. The molecule has 3 rings (SSSR count). The molecule has 0 fully saturated rings. The molecule has 0 atom stereocenters. The third-order valence-corrected chi connectivity index (χ3v) is 3.89. The first-order valence-electron chi connectivity index (χ1n) is 6.14. The van der Waals surface area contributed by atoms with Crippen LogP contribution in [0.4, 0.5) is 11.4 Å². The fourth-order valence-corrected chi connectivity index (χ4v) is 2.73. The first kappa shape index (κ1) is 12.6. The van der Waals surface area contributed by atoms with Crippen LogP contribution in [0.3, 0.4) is 0 Å². The van der Waals surface area contributed by atoms with Crippen molar-refractivity contribution < 1.29 is 4.79 Å². The quantitative estimate of drug-likeness (QED) is 0.708. The summed E-state index contributed by atoms with van der Waals surface area (Å²) in [7, 11) is 0. The number of nitrogens with zero attached hydrogens (tertiary/aromatic N) is 1. The first-order valence-corrected chi connectivity index (χ1v) is 7.02. The molecule has 3 aromatic rings. The van der Waals surface area contributed by atoms with Crippen molar-refractivity contribution in [1.82, 2.24) is 4.98 Å². The normalized spacial score (nSPS) is 10.7. The second kappa shape index (κ2) is 4.94. The van der Waals surface area contributed by atoms with E-state index in [2.05, 4.69) is 10.3 Å². The maximum atomic E-state index is 12.3. The smallest absolute Gasteiger partial charge is 0.256 e. The van der Waals surface area contributed by atoms with Gasteiger partial charge in [0.25, 0.3) is 5.91 Å². The Labute approximate surface area is 120 Å². The monoisotopic (exact) mass is 283 g/mol. The van der Waals surface area contributed by atoms with E-state index in [0.29, 0.717) is 11.3 Å².